The highest BCUT2D eigenvalue weighted by Gasteiger charge is 2.30. The second kappa shape index (κ2) is 6.84. The van der Waals surface area contributed by atoms with Gasteiger partial charge in [-0.2, -0.15) is 0 Å². The molecule has 3 aromatic carbocycles. The molecule has 0 spiro atoms. The number of carbonyl (C=O) groups excluding carboxylic acids is 2. The van der Waals surface area contributed by atoms with E-state index >= 15 is 0 Å². The minimum absolute atomic E-state index is 0.270. The molecule has 4 nitrogen and oxygen atoms in total. The number of amides is 2. The summed E-state index contributed by atoms with van der Waals surface area (Å²) >= 11 is 0. The molecule has 0 radical (unpaired) electrons. The van der Waals surface area contributed by atoms with Crippen LogP contribution in [0, 0.1) is 0 Å². The number of nitrogens with one attached hydrogen (secondary N) is 1. The molecule has 2 amide bonds. The van der Waals surface area contributed by atoms with E-state index in [4.69, 9.17) is 0 Å². The van der Waals surface area contributed by atoms with Gasteiger partial charge in [0, 0.05) is 23.7 Å². The predicted octanol–water partition coefficient (Wildman–Crippen LogP) is 3.75. The number of hydrogen-bond acceptors (Lipinski definition) is 3. The Morgan fingerprint density at radius 2 is 1.54 bits per heavy atom. The fourth-order valence-corrected chi connectivity index (χ4v) is 3.17. The maximum Gasteiger partial charge on any atom is 0.277 e. The minimum atomic E-state index is -0.279. The Labute approximate surface area is 151 Å². The highest BCUT2D eigenvalue weighted by atomic mass is 16.2. The third kappa shape index (κ3) is 3.09. The first-order chi connectivity index (χ1) is 12.7. The van der Waals surface area contributed by atoms with Gasteiger partial charge in [0.1, 0.15) is 5.70 Å². The molecule has 0 saturated heterocycles. The van der Waals surface area contributed by atoms with Crippen molar-refractivity contribution in [1.29, 1.82) is 0 Å². The summed E-state index contributed by atoms with van der Waals surface area (Å²) in [5.41, 5.74) is 2.24. The van der Waals surface area contributed by atoms with Gasteiger partial charge in [-0.05, 0) is 23.4 Å². The van der Waals surface area contributed by atoms with Crippen LogP contribution in [0.3, 0.4) is 0 Å². The average Bonchev–Trinajstić information content (AvgIpc) is 2.94. The summed E-state index contributed by atoms with van der Waals surface area (Å²) in [5, 5.41) is 5.23. The lowest BCUT2D eigenvalue weighted by atomic mass is 10.1. The summed E-state index contributed by atoms with van der Waals surface area (Å²) in [7, 11) is 0. The van der Waals surface area contributed by atoms with Crippen LogP contribution in [0.2, 0.25) is 0 Å². The topological polar surface area (TPSA) is 49.4 Å². The first-order valence-electron chi connectivity index (χ1n) is 8.58. The Hall–Kier alpha value is -3.40. The fraction of sp³-hybridized carbons (Fsp3) is 0.0909. The van der Waals surface area contributed by atoms with Crippen LogP contribution in [0.4, 0.5) is 5.69 Å². The van der Waals surface area contributed by atoms with E-state index in [0.29, 0.717) is 18.7 Å². The zero-order chi connectivity index (χ0) is 17.9. The number of benzene rings is 3. The summed E-state index contributed by atoms with van der Waals surface area (Å²) in [6, 6.07) is 23.6. The van der Waals surface area contributed by atoms with Crippen LogP contribution in [0.15, 0.2) is 84.6 Å². The summed E-state index contributed by atoms with van der Waals surface area (Å²) in [6.45, 7) is 0.374. The Kier molecular flexibility index (Phi) is 4.23. The molecule has 1 aliphatic rings. The first kappa shape index (κ1) is 16.1. The molecule has 1 heterocycles. The summed E-state index contributed by atoms with van der Waals surface area (Å²) in [6.07, 6.45) is 2.03. The van der Waals surface area contributed by atoms with Crippen LogP contribution < -0.4 is 5.32 Å². The maximum atomic E-state index is 12.7. The van der Waals surface area contributed by atoms with E-state index in [1.54, 1.807) is 0 Å². The molecule has 4 rings (SSSR count). The molecule has 3 aromatic rings. The predicted molar refractivity (Wildman–Crippen MR) is 103 cm³/mol. The van der Waals surface area contributed by atoms with Crippen molar-refractivity contribution in [2.24, 2.45) is 0 Å². The number of carbonyl (C=O) groups is 2. The van der Waals surface area contributed by atoms with Crippen molar-refractivity contribution in [3.63, 3.8) is 0 Å². The summed E-state index contributed by atoms with van der Waals surface area (Å²) in [4.78, 5) is 26.2. The van der Waals surface area contributed by atoms with Crippen LogP contribution >= 0.6 is 0 Å². The molecule has 0 unspecified atom stereocenters. The van der Waals surface area contributed by atoms with Gasteiger partial charge >= 0.3 is 0 Å². The highest BCUT2D eigenvalue weighted by molar-refractivity contribution is 6.18. The van der Waals surface area contributed by atoms with Gasteiger partial charge in [-0.1, -0.05) is 66.7 Å². The van der Waals surface area contributed by atoms with Crippen molar-refractivity contribution in [2.75, 3.05) is 11.9 Å². The van der Waals surface area contributed by atoms with Crippen molar-refractivity contribution in [1.82, 2.24) is 4.90 Å². The molecule has 0 bridgehead atoms. The van der Waals surface area contributed by atoms with Gasteiger partial charge in [-0.15, -0.1) is 0 Å². The number of imide groups is 1. The van der Waals surface area contributed by atoms with E-state index < -0.39 is 0 Å². The lowest BCUT2D eigenvalue weighted by Crippen LogP contribution is -2.33. The van der Waals surface area contributed by atoms with Gasteiger partial charge < -0.3 is 5.32 Å². The molecular formula is C22H18N2O2. The fourth-order valence-electron chi connectivity index (χ4n) is 3.17. The van der Waals surface area contributed by atoms with Gasteiger partial charge in [0.2, 0.25) is 0 Å². The lowest BCUT2D eigenvalue weighted by Gasteiger charge is -2.15. The molecule has 0 saturated carbocycles. The van der Waals surface area contributed by atoms with E-state index in [-0.39, 0.29) is 11.8 Å². The molecule has 1 aliphatic heterocycles. The second-order valence-corrected chi connectivity index (χ2v) is 6.24. The molecule has 0 aliphatic carbocycles. The summed E-state index contributed by atoms with van der Waals surface area (Å²) < 4.78 is 0. The van der Waals surface area contributed by atoms with Gasteiger partial charge in [0.25, 0.3) is 11.8 Å². The normalized spacial score (nSPS) is 14.0. The molecule has 1 N–H and O–H groups in total. The zero-order valence-electron chi connectivity index (χ0n) is 14.2. The number of fused-ring (bicyclic) bond motifs is 1. The first-order valence-corrected chi connectivity index (χ1v) is 8.58. The van der Waals surface area contributed by atoms with E-state index in [9.17, 15) is 9.59 Å². The monoisotopic (exact) mass is 342 g/mol. The van der Waals surface area contributed by atoms with Crippen molar-refractivity contribution < 1.29 is 9.59 Å². The van der Waals surface area contributed by atoms with Crippen LogP contribution in [-0.4, -0.2) is 23.3 Å². The number of rotatable bonds is 5. The average molecular weight is 342 g/mol. The standard InChI is InChI=1S/C22H18N2O2/c25-21-15-20(22(26)24(21)14-13-16-7-2-1-3-8-16)23-19-12-6-10-17-9-4-5-11-18(17)19/h1-12,15,23H,13-14H2. The van der Waals surface area contributed by atoms with Gasteiger partial charge in [0.05, 0.1) is 0 Å². The maximum absolute atomic E-state index is 12.7. The van der Waals surface area contributed by atoms with Crippen molar-refractivity contribution in [3.05, 3.63) is 90.1 Å². The Morgan fingerprint density at radius 1 is 0.808 bits per heavy atom. The Bertz CT molecular complexity index is 1000. The summed E-state index contributed by atoms with van der Waals surface area (Å²) in [5.74, 6) is -0.549. The molecule has 0 atom stereocenters. The van der Waals surface area contributed by atoms with Gasteiger partial charge in [-0.3, -0.25) is 14.5 Å². The van der Waals surface area contributed by atoms with Gasteiger partial charge in [0.15, 0.2) is 0 Å². The van der Waals surface area contributed by atoms with Crippen molar-refractivity contribution in [3.8, 4) is 0 Å². The van der Waals surface area contributed by atoms with E-state index in [2.05, 4.69) is 5.32 Å². The molecular weight excluding hydrogens is 324 g/mol. The smallest absolute Gasteiger partial charge is 0.277 e. The largest absolute Gasteiger partial charge is 0.350 e. The van der Waals surface area contributed by atoms with Crippen LogP contribution in [0.25, 0.3) is 10.8 Å². The lowest BCUT2D eigenvalue weighted by molar-refractivity contribution is -0.137. The SMILES string of the molecule is O=C1C=C(Nc2cccc3ccccc23)C(=O)N1CCc1ccccc1. The van der Waals surface area contributed by atoms with Crippen molar-refractivity contribution >= 4 is 28.3 Å². The highest BCUT2D eigenvalue weighted by Crippen LogP contribution is 2.26. The number of nitrogens with zero attached hydrogens (tertiary/aromatic N) is 1. The van der Waals surface area contributed by atoms with Crippen molar-refractivity contribution in [2.45, 2.75) is 6.42 Å². The molecule has 4 heteroatoms. The molecule has 128 valence electrons. The van der Waals surface area contributed by atoms with E-state index in [0.717, 1.165) is 22.0 Å². The Morgan fingerprint density at radius 3 is 2.38 bits per heavy atom. The van der Waals surface area contributed by atoms with Crippen LogP contribution in [0.1, 0.15) is 5.56 Å². The van der Waals surface area contributed by atoms with Crippen LogP contribution in [-0.2, 0) is 16.0 Å². The van der Waals surface area contributed by atoms with E-state index in [1.165, 1.54) is 11.0 Å². The number of hydrogen-bond donors (Lipinski definition) is 1. The zero-order valence-corrected chi connectivity index (χ0v) is 14.2. The molecule has 0 fully saturated rings. The van der Waals surface area contributed by atoms with Gasteiger partial charge in [-0.25, -0.2) is 0 Å². The molecule has 0 aromatic heterocycles. The molecule has 26 heavy (non-hydrogen) atoms. The second-order valence-electron chi connectivity index (χ2n) is 6.24. The minimum Gasteiger partial charge on any atom is -0.350 e. The third-order valence-electron chi connectivity index (χ3n) is 4.54. The van der Waals surface area contributed by atoms with Crippen LogP contribution in [0.5, 0.6) is 0 Å². The number of anilines is 1. The Balaban J connectivity index is 1.50. The third-order valence-corrected chi connectivity index (χ3v) is 4.54. The quantitative estimate of drug-likeness (QED) is 0.719. The van der Waals surface area contributed by atoms with E-state index in [1.807, 2.05) is 72.8 Å².